The van der Waals surface area contributed by atoms with Crippen LogP contribution in [0.5, 0.6) is 0 Å². The third-order valence-corrected chi connectivity index (χ3v) is 8.09. The zero-order valence-electron chi connectivity index (χ0n) is 19.1. The molecule has 174 valence electrons. The third-order valence-electron chi connectivity index (χ3n) is 8.09. The number of anilines is 2. The molecule has 4 heterocycles. The molecular formula is C25H24N4O5. The van der Waals surface area contributed by atoms with Gasteiger partial charge in [0.15, 0.2) is 0 Å². The van der Waals surface area contributed by atoms with Gasteiger partial charge in [0.2, 0.25) is 17.7 Å². The Bertz CT molecular complexity index is 1340. The van der Waals surface area contributed by atoms with Gasteiger partial charge < -0.3 is 5.32 Å². The van der Waals surface area contributed by atoms with Crippen molar-refractivity contribution in [3.8, 4) is 0 Å². The maximum atomic E-state index is 14.0. The normalized spacial score (nSPS) is 29.6. The molecule has 2 aromatic carbocycles. The number of nitro groups is 1. The van der Waals surface area contributed by atoms with Gasteiger partial charge in [0.1, 0.15) is 5.54 Å². The first-order chi connectivity index (χ1) is 16.2. The van der Waals surface area contributed by atoms with Gasteiger partial charge in [0.05, 0.1) is 22.4 Å². The SMILES string of the molecule is Cc1cc(C)c2c(c1)[C@]1(C(=O)N2)[C@@H]2C(=O)N(c3ccc(C)c([N+](=O)[O-])c3)C(=O)[C@@H]2[C@@H]2CCCN21. The molecule has 4 aliphatic rings. The Morgan fingerprint density at radius 1 is 1.06 bits per heavy atom. The molecule has 0 aliphatic carbocycles. The molecule has 2 aromatic rings. The number of hydrogen-bond donors (Lipinski definition) is 1. The predicted molar refractivity (Wildman–Crippen MR) is 123 cm³/mol. The summed E-state index contributed by atoms with van der Waals surface area (Å²) in [5.41, 5.74) is 2.59. The number of carbonyl (C=O) groups is 3. The molecule has 4 atom stereocenters. The van der Waals surface area contributed by atoms with E-state index in [1.54, 1.807) is 19.1 Å². The number of benzene rings is 2. The molecule has 1 spiro atoms. The predicted octanol–water partition coefficient (Wildman–Crippen LogP) is 2.95. The average Bonchev–Trinajstić information content (AvgIpc) is 3.48. The van der Waals surface area contributed by atoms with Gasteiger partial charge in [-0.2, -0.15) is 0 Å². The Morgan fingerprint density at radius 2 is 1.82 bits per heavy atom. The Kier molecular flexibility index (Phi) is 4.15. The van der Waals surface area contributed by atoms with E-state index in [1.165, 1.54) is 6.07 Å². The highest BCUT2D eigenvalue weighted by atomic mass is 16.6. The van der Waals surface area contributed by atoms with E-state index in [2.05, 4.69) is 10.2 Å². The summed E-state index contributed by atoms with van der Waals surface area (Å²) in [5, 5.41) is 14.5. The standard InChI is InChI=1S/C25H24N4O5/c1-12-9-14(3)21-16(10-12)25(24(32)26-21)20-19(17-5-4-8-27(17)25)22(30)28(23(20)31)15-7-6-13(2)18(11-15)29(33)34/h6-7,9-11,17,19-20H,4-5,8H2,1-3H3,(H,26,32)/t17-,19+,20-,25+/m0/s1. The number of hydrogen-bond acceptors (Lipinski definition) is 6. The second kappa shape index (κ2) is 6.73. The fourth-order valence-electron chi connectivity index (χ4n) is 6.85. The van der Waals surface area contributed by atoms with Crippen LogP contribution in [0, 0.1) is 42.7 Å². The van der Waals surface area contributed by atoms with Crippen molar-refractivity contribution < 1.29 is 19.3 Å². The molecule has 9 nitrogen and oxygen atoms in total. The number of nitrogens with one attached hydrogen (secondary N) is 1. The van der Waals surface area contributed by atoms with E-state index >= 15 is 0 Å². The van der Waals surface area contributed by atoms with Crippen LogP contribution in [0.4, 0.5) is 17.1 Å². The smallest absolute Gasteiger partial charge is 0.274 e. The van der Waals surface area contributed by atoms with E-state index in [9.17, 15) is 24.5 Å². The fourth-order valence-corrected chi connectivity index (χ4v) is 6.85. The molecular weight excluding hydrogens is 436 g/mol. The van der Waals surface area contributed by atoms with Crippen LogP contribution >= 0.6 is 0 Å². The second-order valence-electron chi connectivity index (χ2n) is 9.87. The third kappa shape index (κ3) is 2.34. The minimum absolute atomic E-state index is 0.150. The van der Waals surface area contributed by atoms with E-state index in [0.717, 1.165) is 34.4 Å². The highest BCUT2D eigenvalue weighted by molar-refractivity contribution is 6.26. The number of imide groups is 1. The first-order valence-electron chi connectivity index (χ1n) is 11.5. The van der Waals surface area contributed by atoms with Crippen molar-refractivity contribution in [1.82, 2.24) is 4.90 Å². The minimum Gasteiger partial charge on any atom is -0.324 e. The first-order valence-corrected chi connectivity index (χ1v) is 11.5. The number of nitrogens with zero attached hydrogens (tertiary/aromatic N) is 3. The summed E-state index contributed by atoms with van der Waals surface area (Å²) in [6.45, 7) is 6.13. The lowest BCUT2D eigenvalue weighted by Crippen LogP contribution is -2.54. The van der Waals surface area contributed by atoms with E-state index < -0.39 is 28.2 Å². The summed E-state index contributed by atoms with van der Waals surface area (Å²) in [4.78, 5) is 55.7. The van der Waals surface area contributed by atoms with Crippen LogP contribution < -0.4 is 10.2 Å². The summed E-state index contributed by atoms with van der Waals surface area (Å²) >= 11 is 0. The maximum absolute atomic E-state index is 14.0. The molecule has 0 unspecified atom stereocenters. The van der Waals surface area contributed by atoms with Crippen LogP contribution in [-0.4, -0.2) is 40.1 Å². The molecule has 9 heteroatoms. The number of nitro benzene ring substituents is 1. The Labute approximate surface area is 195 Å². The lowest BCUT2D eigenvalue weighted by molar-refractivity contribution is -0.385. The summed E-state index contributed by atoms with van der Waals surface area (Å²) in [6.07, 6.45) is 1.55. The van der Waals surface area contributed by atoms with Crippen LogP contribution in [0.3, 0.4) is 0 Å². The van der Waals surface area contributed by atoms with Crippen LogP contribution in [0.2, 0.25) is 0 Å². The minimum atomic E-state index is -1.25. The average molecular weight is 460 g/mol. The molecule has 1 N–H and O–H groups in total. The van der Waals surface area contributed by atoms with Gasteiger partial charge in [-0.05, 0) is 51.8 Å². The van der Waals surface area contributed by atoms with E-state index in [1.807, 2.05) is 26.0 Å². The molecule has 34 heavy (non-hydrogen) atoms. The largest absolute Gasteiger partial charge is 0.324 e. The van der Waals surface area contributed by atoms with Crippen molar-refractivity contribution in [2.45, 2.75) is 45.2 Å². The number of rotatable bonds is 2. The van der Waals surface area contributed by atoms with Gasteiger partial charge in [0.25, 0.3) is 5.69 Å². The molecule has 4 aliphatic heterocycles. The molecule has 0 aromatic heterocycles. The molecule has 6 rings (SSSR count). The van der Waals surface area contributed by atoms with Crippen molar-refractivity contribution in [1.29, 1.82) is 0 Å². The molecule has 3 saturated heterocycles. The van der Waals surface area contributed by atoms with Gasteiger partial charge in [-0.25, -0.2) is 4.90 Å². The van der Waals surface area contributed by atoms with E-state index in [4.69, 9.17) is 0 Å². The summed E-state index contributed by atoms with van der Waals surface area (Å²) < 4.78 is 0. The molecule has 3 fully saturated rings. The van der Waals surface area contributed by atoms with Crippen LogP contribution in [0.15, 0.2) is 30.3 Å². The van der Waals surface area contributed by atoms with Gasteiger partial charge >= 0.3 is 0 Å². The van der Waals surface area contributed by atoms with Gasteiger partial charge in [-0.1, -0.05) is 23.8 Å². The Morgan fingerprint density at radius 3 is 2.56 bits per heavy atom. The van der Waals surface area contributed by atoms with Gasteiger partial charge in [-0.3, -0.25) is 29.4 Å². The first kappa shape index (κ1) is 21.0. The molecule has 0 bridgehead atoms. The molecule has 0 radical (unpaired) electrons. The summed E-state index contributed by atoms with van der Waals surface area (Å²) in [6, 6.07) is 8.10. The quantitative estimate of drug-likeness (QED) is 0.419. The monoisotopic (exact) mass is 460 g/mol. The second-order valence-corrected chi connectivity index (χ2v) is 9.87. The Hall–Kier alpha value is -3.59. The lowest BCUT2D eigenvalue weighted by Gasteiger charge is -2.36. The van der Waals surface area contributed by atoms with Crippen molar-refractivity contribution in [2.24, 2.45) is 11.8 Å². The zero-order valence-corrected chi connectivity index (χ0v) is 19.1. The topological polar surface area (TPSA) is 113 Å². The number of carbonyl (C=O) groups excluding carboxylic acids is 3. The van der Waals surface area contributed by atoms with Crippen molar-refractivity contribution >= 4 is 34.8 Å². The summed E-state index contributed by atoms with van der Waals surface area (Å²) in [7, 11) is 0. The van der Waals surface area contributed by atoms with Crippen LogP contribution in [0.25, 0.3) is 0 Å². The Balaban J connectivity index is 1.55. The number of aryl methyl sites for hydroxylation is 3. The number of amides is 3. The number of fused-ring (bicyclic) bond motifs is 7. The van der Waals surface area contributed by atoms with Crippen LogP contribution in [-0.2, 0) is 19.9 Å². The van der Waals surface area contributed by atoms with Crippen molar-refractivity contribution in [3.63, 3.8) is 0 Å². The molecule has 3 amide bonds. The van der Waals surface area contributed by atoms with E-state index in [0.29, 0.717) is 17.8 Å². The highest BCUT2D eigenvalue weighted by Gasteiger charge is 2.74. The highest BCUT2D eigenvalue weighted by Crippen LogP contribution is 2.61. The van der Waals surface area contributed by atoms with Crippen molar-refractivity contribution in [3.05, 3.63) is 62.7 Å². The zero-order chi connectivity index (χ0) is 24.1. The fraction of sp³-hybridized carbons (Fsp3) is 0.400. The van der Waals surface area contributed by atoms with Gasteiger partial charge in [0, 0.05) is 28.9 Å². The van der Waals surface area contributed by atoms with Crippen molar-refractivity contribution in [2.75, 3.05) is 16.8 Å². The van der Waals surface area contributed by atoms with Gasteiger partial charge in [-0.15, -0.1) is 0 Å². The van der Waals surface area contributed by atoms with Crippen LogP contribution in [0.1, 0.15) is 35.1 Å². The molecule has 0 saturated carbocycles. The summed E-state index contributed by atoms with van der Waals surface area (Å²) in [5.74, 6) is -2.67. The maximum Gasteiger partial charge on any atom is 0.274 e. The van der Waals surface area contributed by atoms with E-state index in [-0.39, 0.29) is 29.2 Å². The lowest BCUT2D eigenvalue weighted by atomic mass is 9.75.